The lowest BCUT2D eigenvalue weighted by molar-refractivity contribution is -0.526. The first-order chi connectivity index (χ1) is 11.0. The molecular formula is C16H16ClNO4S. The fourth-order valence-corrected chi connectivity index (χ4v) is 4.42. The zero-order valence-electron chi connectivity index (χ0n) is 12.7. The summed E-state index contributed by atoms with van der Waals surface area (Å²) >= 11 is 7.44. The minimum absolute atomic E-state index is 0.183. The molecule has 3 rings (SSSR count). The molecule has 0 unspecified atom stereocenters. The van der Waals surface area contributed by atoms with Gasteiger partial charge >= 0.3 is 0 Å². The van der Waals surface area contributed by atoms with Gasteiger partial charge in [-0.3, -0.25) is 10.1 Å². The number of aryl methyl sites for hydroxylation is 1. The third kappa shape index (κ3) is 2.88. The van der Waals surface area contributed by atoms with Crippen molar-refractivity contribution < 1.29 is 14.4 Å². The zero-order valence-corrected chi connectivity index (χ0v) is 14.3. The first-order valence-electron chi connectivity index (χ1n) is 7.18. The lowest BCUT2D eigenvalue weighted by atomic mass is 9.78. The highest BCUT2D eigenvalue weighted by Crippen LogP contribution is 2.45. The number of ether oxygens (including phenoxy) is 2. The van der Waals surface area contributed by atoms with Gasteiger partial charge in [-0.1, -0.05) is 11.6 Å². The number of thiophene rings is 1. The summed E-state index contributed by atoms with van der Waals surface area (Å²) in [5.41, 5.74) is 1.99. The van der Waals surface area contributed by atoms with Crippen molar-refractivity contribution in [3.05, 3.63) is 54.7 Å². The Kier molecular flexibility index (Phi) is 4.46. The second-order valence-corrected chi connectivity index (χ2v) is 7.16. The third-order valence-corrected chi connectivity index (χ3v) is 5.56. The second kappa shape index (κ2) is 6.37. The Balaban J connectivity index is 2.16. The SMILES string of the molecule is COc1cc2c(cc1OC)[C@H](c1ccc(Cl)s1)[C@@H]([N+](=O)[O-])CC2. The van der Waals surface area contributed by atoms with E-state index in [2.05, 4.69) is 0 Å². The molecular weight excluding hydrogens is 338 g/mol. The highest BCUT2D eigenvalue weighted by molar-refractivity contribution is 7.16. The fraction of sp³-hybridized carbons (Fsp3) is 0.375. The van der Waals surface area contributed by atoms with Gasteiger partial charge in [0, 0.05) is 16.2 Å². The summed E-state index contributed by atoms with van der Waals surface area (Å²) < 4.78 is 11.3. The quantitative estimate of drug-likeness (QED) is 0.612. The minimum atomic E-state index is -0.657. The normalized spacial score (nSPS) is 20.0. The Hall–Kier alpha value is -1.79. The van der Waals surface area contributed by atoms with Crippen molar-refractivity contribution in [3.8, 4) is 11.5 Å². The molecule has 0 aliphatic heterocycles. The standard InChI is InChI=1S/C16H16ClNO4S/c1-21-12-7-9-3-4-11(18(19)20)16(10(9)8-13(12)22-2)14-5-6-15(17)23-14/h5-8,11,16H,3-4H2,1-2H3/t11-,16-/m0/s1. The Labute approximate surface area is 142 Å². The van der Waals surface area contributed by atoms with E-state index in [1.165, 1.54) is 11.3 Å². The van der Waals surface area contributed by atoms with E-state index in [0.29, 0.717) is 28.7 Å². The van der Waals surface area contributed by atoms with E-state index in [4.69, 9.17) is 21.1 Å². The predicted octanol–water partition coefficient (Wildman–Crippen LogP) is 4.14. The summed E-state index contributed by atoms with van der Waals surface area (Å²) in [5.74, 6) is 0.919. The minimum Gasteiger partial charge on any atom is -0.493 e. The molecule has 0 bridgehead atoms. The van der Waals surface area contributed by atoms with E-state index in [-0.39, 0.29) is 10.8 Å². The summed E-state index contributed by atoms with van der Waals surface area (Å²) in [6.45, 7) is 0. The maximum atomic E-state index is 11.6. The van der Waals surface area contributed by atoms with Crippen molar-refractivity contribution in [2.24, 2.45) is 0 Å². The van der Waals surface area contributed by atoms with Gasteiger partial charge < -0.3 is 9.47 Å². The number of hydrogen-bond acceptors (Lipinski definition) is 5. The highest BCUT2D eigenvalue weighted by Gasteiger charge is 2.40. The number of halogens is 1. The van der Waals surface area contributed by atoms with Gasteiger partial charge in [-0.05, 0) is 41.8 Å². The van der Waals surface area contributed by atoms with Crippen LogP contribution >= 0.6 is 22.9 Å². The number of methoxy groups -OCH3 is 2. The van der Waals surface area contributed by atoms with Crippen molar-refractivity contribution in [3.63, 3.8) is 0 Å². The van der Waals surface area contributed by atoms with E-state index in [0.717, 1.165) is 16.0 Å². The smallest absolute Gasteiger partial charge is 0.225 e. The molecule has 7 heteroatoms. The van der Waals surface area contributed by atoms with E-state index >= 15 is 0 Å². The van der Waals surface area contributed by atoms with Crippen LogP contribution in [0.5, 0.6) is 11.5 Å². The van der Waals surface area contributed by atoms with Gasteiger partial charge in [0.05, 0.1) is 24.5 Å². The molecule has 0 fully saturated rings. The van der Waals surface area contributed by atoms with E-state index < -0.39 is 6.04 Å². The summed E-state index contributed by atoms with van der Waals surface area (Å²) in [4.78, 5) is 12.3. The second-order valence-electron chi connectivity index (χ2n) is 5.42. The molecule has 5 nitrogen and oxygen atoms in total. The molecule has 0 amide bonds. The largest absolute Gasteiger partial charge is 0.493 e. The zero-order chi connectivity index (χ0) is 16.6. The van der Waals surface area contributed by atoms with E-state index in [1.54, 1.807) is 20.3 Å². The molecule has 122 valence electrons. The summed E-state index contributed by atoms with van der Waals surface area (Å²) in [7, 11) is 3.15. The number of fused-ring (bicyclic) bond motifs is 1. The van der Waals surface area contributed by atoms with Gasteiger partial charge in [-0.2, -0.15) is 0 Å². The van der Waals surface area contributed by atoms with Crippen molar-refractivity contribution in [1.29, 1.82) is 0 Å². The molecule has 1 aromatic carbocycles. The van der Waals surface area contributed by atoms with Crippen molar-refractivity contribution in [2.75, 3.05) is 14.2 Å². The van der Waals surface area contributed by atoms with Crippen molar-refractivity contribution >= 4 is 22.9 Å². The number of hydrogen-bond donors (Lipinski definition) is 0. The monoisotopic (exact) mass is 353 g/mol. The number of nitro groups is 1. The van der Waals surface area contributed by atoms with Crippen LogP contribution in [0.1, 0.15) is 28.3 Å². The maximum Gasteiger partial charge on any atom is 0.225 e. The van der Waals surface area contributed by atoms with Crippen LogP contribution < -0.4 is 9.47 Å². The lowest BCUT2D eigenvalue weighted by Crippen LogP contribution is -2.32. The Bertz CT molecular complexity index is 746. The van der Waals surface area contributed by atoms with Gasteiger partial charge in [0.15, 0.2) is 11.5 Å². The van der Waals surface area contributed by atoms with Gasteiger partial charge in [-0.25, -0.2) is 0 Å². The van der Waals surface area contributed by atoms with Crippen LogP contribution in [0.25, 0.3) is 0 Å². The molecule has 2 atom stereocenters. The van der Waals surface area contributed by atoms with E-state index in [1.807, 2.05) is 18.2 Å². The first-order valence-corrected chi connectivity index (χ1v) is 8.38. The predicted molar refractivity (Wildman–Crippen MR) is 89.8 cm³/mol. The van der Waals surface area contributed by atoms with Crippen LogP contribution in [0.2, 0.25) is 4.34 Å². The summed E-state index contributed by atoms with van der Waals surface area (Å²) in [6.07, 6.45) is 1.15. The molecule has 0 saturated heterocycles. The van der Waals surface area contributed by atoms with Gasteiger partial charge in [0.2, 0.25) is 6.04 Å². The van der Waals surface area contributed by atoms with Crippen molar-refractivity contribution in [1.82, 2.24) is 0 Å². The summed E-state index contributed by atoms with van der Waals surface area (Å²) in [6, 6.07) is 6.79. The van der Waals surface area contributed by atoms with Crippen LogP contribution in [0.15, 0.2) is 24.3 Å². The molecule has 0 radical (unpaired) electrons. The molecule has 1 aromatic heterocycles. The molecule has 0 saturated carbocycles. The molecule has 1 aliphatic rings. The Morgan fingerprint density at radius 2 is 1.96 bits per heavy atom. The Morgan fingerprint density at radius 1 is 1.26 bits per heavy atom. The first kappa shape index (κ1) is 16.1. The van der Waals surface area contributed by atoms with Gasteiger partial charge in [0.25, 0.3) is 0 Å². The van der Waals surface area contributed by atoms with Crippen LogP contribution in [0.4, 0.5) is 0 Å². The molecule has 0 N–H and O–H groups in total. The summed E-state index contributed by atoms with van der Waals surface area (Å²) in [5, 5.41) is 11.6. The van der Waals surface area contributed by atoms with Gasteiger partial charge in [-0.15, -0.1) is 11.3 Å². The maximum absolute atomic E-state index is 11.6. The molecule has 1 heterocycles. The Morgan fingerprint density at radius 3 is 2.52 bits per heavy atom. The van der Waals surface area contributed by atoms with Crippen LogP contribution in [0.3, 0.4) is 0 Å². The topological polar surface area (TPSA) is 61.6 Å². The van der Waals surface area contributed by atoms with Gasteiger partial charge in [0.1, 0.15) is 0 Å². The average Bonchev–Trinajstić information content (AvgIpc) is 2.98. The number of rotatable bonds is 4. The number of benzene rings is 1. The van der Waals surface area contributed by atoms with Crippen LogP contribution in [-0.2, 0) is 6.42 Å². The van der Waals surface area contributed by atoms with Crippen LogP contribution in [-0.4, -0.2) is 25.2 Å². The molecule has 2 aromatic rings. The molecule has 0 spiro atoms. The fourth-order valence-electron chi connectivity index (χ4n) is 3.19. The number of nitrogens with zero attached hydrogens (tertiary/aromatic N) is 1. The molecule has 23 heavy (non-hydrogen) atoms. The highest BCUT2D eigenvalue weighted by atomic mass is 35.5. The average molecular weight is 354 g/mol. The van der Waals surface area contributed by atoms with E-state index in [9.17, 15) is 10.1 Å². The van der Waals surface area contributed by atoms with Crippen LogP contribution in [0, 0.1) is 10.1 Å². The lowest BCUT2D eigenvalue weighted by Gasteiger charge is -2.28. The van der Waals surface area contributed by atoms with Crippen molar-refractivity contribution in [2.45, 2.75) is 24.8 Å². The third-order valence-electron chi connectivity index (χ3n) is 4.25. The molecule has 1 aliphatic carbocycles.